The number of aromatic nitrogens is 1. The minimum Gasteiger partial charge on any atom is -0.444 e. The molecule has 2 amide bonds. The molecule has 1 aromatic carbocycles. The number of piperidine rings is 1. The van der Waals surface area contributed by atoms with Gasteiger partial charge in [0.25, 0.3) is 0 Å². The quantitative estimate of drug-likeness (QED) is 0.732. The summed E-state index contributed by atoms with van der Waals surface area (Å²) < 4.78 is 6.58. The van der Waals surface area contributed by atoms with Gasteiger partial charge in [-0.2, -0.15) is 0 Å². The van der Waals surface area contributed by atoms with E-state index in [1.54, 1.807) is 22.3 Å². The number of rotatable bonds is 5. The zero-order chi connectivity index (χ0) is 20.9. The molecule has 1 aromatic heterocycles. The first-order valence-electron chi connectivity index (χ1n) is 10.1. The molecule has 1 fully saturated rings. The van der Waals surface area contributed by atoms with Crippen LogP contribution < -0.4 is 5.32 Å². The number of carbonyl (C=O) groups excluding carboxylic acids is 2. The predicted molar refractivity (Wildman–Crippen MR) is 117 cm³/mol. The number of hydrogen-bond donors (Lipinski definition) is 1. The van der Waals surface area contributed by atoms with E-state index in [0.29, 0.717) is 19.0 Å². The van der Waals surface area contributed by atoms with Gasteiger partial charge in [-0.1, -0.05) is 12.1 Å². The number of nitrogens with one attached hydrogen (secondary N) is 1. The molecule has 1 aliphatic rings. The van der Waals surface area contributed by atoms with Crippen LogP contribution in [-0.2, 0) is 9.53 Å². The highest BCUT2D eigenvalue weighted by Gasteiger charge is 2.27. The molecule has 0 bridgehead atoms. The largest absolute Gasteiger partial charge is 0.444 e. The molecule has 0 radical (unpaired) electrons. The number of benzene rings is 1. The Kier molecular flexibility index (Phi) is 6.90. The van der Waals surface area contributed by atoms with Crippen LogP contribution in [0.3, 0.4) is 0 Å². The highest BCUT2D eigenvalue weighted by Crippen LogP contribution is 2.23. The van der Waals surface area contributed by atoms with Crippen molar-refractivity contribution >= 4 is 39.6 Å². The van der Waals surface area contributed by atoms with E-state index in [2.05, 4.69) is 10.3 Å². The molecule has 0 aliphatic carbocycles. The molecule has 6 nitrogen and oxygen atoms in total. The Bertz CT molecular complexity index is 852. The summed E-state index contributed by atoms with van der Waals surface area (Å²) in [6, 6.07) is 7.93. The van der Waals surface area contributed by atoms with E-state index in [1.165, 1.54) is 6.08 Å². The summed E-state index contributed by atoms with van der Waals surface area (Å²) >= 11 is 1.57. The molecule has 1 atom stereocenters. The first-order chi connectivity index (χ1) is 13.8. The Labute approximate surface area is 175 Å². The monoisotopic (exact) mass is 415 g/mol. The molecule has 1 saturated heterocycles. The minimum absolute atomic E-state index is 0.121. The van der Waals surface area contributed by atoms with Gasteiger partial charge in [0.15, 0.2) is 0 Å². The zero-order valence-corrected chi connectivity index (χ0v) is 18.1. The minimum atomic E-state index is -0.479. The number of hydrogen-bond acceptors (Lipinski definition) is 5. The fraction of sp³-hybridized carbons (Fsp3) is 0.500. The van der Waals surface area contributed by atoms with Crippen LogP contribution in [0.5, 0.6) is 0 Å². The van der Waals surface area contributed by atoms with Crippen LogP contribution in [0.4, 0.5) is 4.79 Å². The fourth-order valence-electron chi connectivity index (χ4n) is 3.36. The second kappa shape index (κ2) is 9.39. The Morgan fingerprint density at radius 3 is 2.90 bits per heavy atom. The van der Waals surface area contributed by atoms with Crippen LogP contribution in [0.2, 0.25) is 0 Å². The summed E-state index contributed by atoms with van der Waals surface area (Å²) in [5.74, 6) is 0.258. The summed E-state index contributed by atoms with van der Waals surface area (Å²) in [4.78, 5) is 30.6. The highest BCUT2D eigenvalue weighted by atomic mass is 32.1. The second-order valence-corrected chi connectivity index (χ2v) is 9.43. The van der Waals surface area contributed by atoms with E-state index in [4.69, 9.17) is 4.74 Å². The van der Waals surface area contributed by atoms with Crippen molar-refractivity contribution in [3.05, 3.63) is 35.3 Å². The molecule has 3 rings (SSSR count). The van der Waals surface area contributed by atoms with E-state index >= 15 is 0 Å². The summed E-state index contributed by atoms with van der Waals surface area (Å²) in [5, 5.41) is 3.75. The Morgan fingerprint density at radius 1 is 1.34 bits per heavy atom. The highest BCUT2D eigenvalue weighted by molar-refractivity contribution is 7.19. The zero-order valence-electron chi connectivity index (χ0n) is 17.3. The van der Waals surface area contributed by atoms with Crippen LogP contribution in [0.25, 0.3) is 16.3 Å². The number of thiazole rings is 1. The average molecular weight is 416 g/mol. The molecular weight excluding hydrogens is 386 g/mol. The molecule has 1 N–H and O–H groups in total. The van der Waals surface area contributed by atoms with Crippen LogP contribution in [-0.4, -0.2) is 47.1 Å². The maximum Gasteiger partial charge on any atom is 0.410 e. The number of nitrogens with zero attached hydrogens (tertiary/aromatic N) is 2. The van der Waals surface area contributed by atoms with Crippen molar-refractivity contribution in [2.24, 2.45) is 5.92 Å². The normalized spacial score (nSPS) is 17.6. The van der Waals surface area contributed by atoms with Crippen LogP contribution in [0.15, 0.2) is 30.3 Å². The summed E-state index contributed by atoms with van der Waals surface area (Å²) in [5.41, 5.74) is 0.470. The average Bonchev–Trinajstić information content (AvgIpc) is 3.08. The summed E-state index contributed by atoms with van der Waals surface area (Å²) in [6.07, 6.45) is 5.92. The van der Waals surface area contributed by atoms with Gasteiger partial charge in [0.1, 0.15) is 10.6 Å². The van der Waals surface area contributed by atoms with E-state index in [0.717, 1.165) is 41.0 Å². The van der Waals surface area contributed by atoms with Gasteiger partial charge in [0, 0.05) is 25.7 Å². The van der Waals surface area contributed by atoms with Crippen molar-refractivity contribution in [2.45, 2.75) is 45.6 Å². The number of amides is 2. The van der Waals surface area contributed by atoms with E-state index < -0.39 is 5.60 Å². The fourth-order valence-corrected chi connectivity index (χ4v) is 4.23. The number of fused-ring (bicyclic) bond motifs is 1. The van der Waals surface area contributed by atoms with Crippen molar-refractivity contribution in [1.29, 1.82) is 0 Å². The molecule has 29 heavy (non-hydrogen) atoms. The maximum atomic E-state index is 12.2. The predicted octanol–water partition coefficient (Wildman–Crippen LogP) is 4.46. The van der Waals surface area contributed by atoms with Crippen molar-refractivity contribution in [1.82, 2.24) is 15.2 Å². The van der Waals surface area contributed by atoms with E-state index in [1.807, 2.05) is 45.0 Å². The van der Waals surface area contributed by atoms with Crippen molar-refractivity contribution in [2.75, 3.05) is 19.6 Å². The van der Waals surface area contributed by atoms with Crippen molar-refractivity contribution < 1.29 is 14.3 Å². The van der Waals surface area contributed by atoms with Crippen molar-refractivity contribution in [3.63, 3.8) is 0 Å². The lowest BCUT2D eigenvalue weighted by Gasteiger charge is -2.34. The van der Waals surface area contributed by atoms with Gasteiger partial charge in [0.05, 0.1) is 10.2 Å². The van der Waals surface area contributed by atoms with E-state index in [-0.39, 0.29) is 12.0 Å². The molecule has 0 saturated carbocycles. The van der Waals surface area contributed by atoms with Crippen LogP contribution in [0, 0.1) is 5.92 Å². The number of ether oxygens (including phenoxy) is 1. The molecule has 1 unspecified atom stereocenters. The molecular formula is C22H29N3O3S. The number of carbonyl (C=O) groups is 2. The Balaban J connectivity index is 1.42. The third-order valence-corrected chi connectivity index (χ3v) is 5.71. The summed E-state index contributed by atoms with van der Waals surface area (Å²) in [6.45, 7) is 7.65. The standard InChI is InChI=1S/C22H29N3O3S/c1-22(2,3)28-21(27)25-14-6-7-16(15-25)12-13-23-19(26)10-11-20-24-17-8-4-5-9-18(17)29-20/h4-5,8-11,16H,6-7,12-15H2,1-3H3,(H,23,26). The van der Waals surface area contributed by atoms with Crippen LogP contribution >= 0.6 is 11.3 Å². The Hall–Kier alpha value is -2.41. The van der Waals surface area contributed by atoms with Gasteiger partial charge in [-0.3, -0.25) is 4.79 Å². The first kappa shape index (κ1) is 21.3. The van der Waals surface area contributed by atoms with Crippen LogP contribution in [0.1, 0.15) is 45.0 Å². The maximum absolute atomic E-state index is 12.2. The van der Waals surface area contributed by atoms with Gasteiger partial charge in [-0.15, -0.1) is 11.3 Å². The van der Waals surface area contributed by atoms with Gasteiger partial charge < -0.3 is 15.0 Å². The summed E-state index contributed by atoms with van der Waals surface area (Å²) in [7, 11) is 0. The van der Waals surface area contributed by atoms with Gasteiger partial charge in [-0.05, 0) is 64.2 Å². The third-order valence-electron chi connectivity index (χ3n) is 4.71. The third kappa shape index (κ3) is 6.56. The Morgan fingerprint density at radius 2 is 2.14 bits per heavy atom. The smallest absolute Gasteiger partial charge is 0.410 e. The second-order valence-electron chi connectivity index (χ2n) is 8.37. The van der Waals surface area contributed by atoms with Crippen molar-refractivity contribution in [3.8, 4) is 0 Å². The molecule has 0 spiro atoms. The first-order valence-corrected chi connectivity index (χ1v) is 10.9. The molecule has 156 valence electrons. The lowest BCUT2D eigenvalue weighted by Crippen LogP contribution is -2.43. The van der Waals surface area contributed by atoms with E-state index in [9.17, 15) is 9.59 Å². The lowest BCUT2D eigenvalue weighted by molar-refractivity contribution is -0.116. The SMILES string of the molecule is CC(C)(C)OC(=O)N1CCCC(CCNC(=O)C=Cc2nc3ccccc3s2)C1. The van der Waals surface area contributed by atoms with Gasteiger partial charge in [0.2, 0.25) is 5.91 Å². The lowest BCUT2D eigenvalue weighted by atomic mass is 9.95. The van der Waals surface area contributed by atoms with Gasteiger partial charge in [-0.25, -0.2) is 9.78 Å². The topological polar surface area (TPSA) is 71.5 Å². The number of likely N-dealkylation sites (tertiary alicyclic amines) is 1. The molecule has 7 heteroatoms. The number of para-hydroxylation sites is 1. The molecule has 2 heterocycles. The van der Waals surface area contributed by atoms with Gasteiger partial charge >= 0.3 is 6.09 Å². The molecule has 2 aromatic rings. The molecule has 1 aliphatic heterocycles.